The predicted octanol–water partition coefficient (Wildman–Crippen LogP) is 4.44. The maximum atomic E-state index is 12.8. The highest BCUT2D eigenvalue weighted by Gasteiger charge is 2.25. The van der Waals surface area contributed by atoms with Gasteiger partial charge in [0, 0.05) is 35.7 Å². The first-order chi connectivity index (χ1) is 13.5. The first kappa shape index (κ1) is 18.1. The second-order valence-electron chi connectivity index (χ2n) is 7.00. The molecule has 4 rings (SSSR count). The van der Waals surface area contributed by atoms with Crippen molar-refractivity contribution in [3.8, 4) is 5.75 Å². The molecule has 1 N–H and O–H groups in total. The summed E-state index contributed by atoms with van der Waals surface area (Å²) in [6.07, 6.45) is 1.39. The topological polar surface area (TPSA) is 71.8 Å². The van der Waals surface area contributed by atoms with Crippen molar-refractivity contribution in [2.45, 2.75) is 26.7 Å². The number of hydrogen-bond acceptors (Lipinski definition) is 4. The number of amides is 2. The van der Waals surface area contributed by atoms with Gasteiger partial charge in [-0.25, -0.2) is 0 Å². The molecule has 0 spiro atoms. The summed E-state index contributed by atoms with van der Waals surface area (Å²) in [5, 5.41) is 3.80. The monoisotopic (exact) mass is 378 g/mol. The Labute approximate surface area is 163 Å². The number of benzene rings is 2. The molecule has 6 heteroatoms. The number of fused-ring (bicyclic) bond motifs is 1. The zero-order valence-electron chi connectivity index (χ0n) is 16.2. The van der Waals surface area contributed by atoms with Crippen LogP contribution in [0.3, 0.4) is 0 Å². The van der Waals surface area contributed by atoms with Gasteiger partial charge < -0.3 is 19.4 Å². The minimum atomic E-state index is -0.319. The van der Waals surface area contributed by atoms with E-state index in [1.807, 2.05) is 32.0 Å². The van der Waals surface area contributed by atoms with E-state index in [-0.39, 0.29) is 11.8 Å². The number of rotatable bonds is 4. The molecule has 0 bridgehead atoms. The fourth-order valence-electron chi connectivity index (χ4n) is 3.67. The van der Waals surface area contributed by atoms with E-state index in [1.54, 1.807) is 30.2 Å². The van der Waals surface area contributed by atoms with Crippen LogP contribution in [0, 0.1) is 13.8 Å². The lowest BCUT2D eigenvalue weighted by atomic mass is 10.1. The second-order valence-corrected chi connectivity index (χ2v) is 7.00. The van der Waals surface area contributed by atoms with Crippen LogP contribution in [0.1, 0.15) is 34.5 Å². The fraction of sp³-hybridized carbons (Fsp3) is 0.273. The van der Waals surface area contributed by atoms with Crippen LogP contribution in [0.25, 0.3) is 11.0 Å². The predicted molar refractivity (Wildman–Crippen MR) is 108 cm³/mol. The van der Waals surface area contributed by atoms with Crippen LogP contribution in [0.15, 0.2) is 40.8 Å². The summed E-state index contributed by atoms with van der Waals surface area (Å²) >= 11 is 0. The molecule has 0 saturated carbocycles. The number of nitrogens with zero attached hydrogens (tertiary/aromatic N) is 1. The van der Waals surface area contributed by atoms with Crippen LogP contribution in [-0.2, 0) is 4.79 Å². The van der Waals surface area contributed by atoms with Crippen molar-refractivity contribution >= 4 is 34.2 Å². The number of anilines is 2. The molecule has 2 amide bonds. The van der Waals surface area contributed by atoms with Crippen LogP contribution in [0.4, 0.5) is 11.4 Å². The lowest BCUT2D eigenvalue weighted by Crippen LogP contribution is -2.24. The zero-order chi connectivity index (χ0) is 19.8. The Hall–Kier alpha value is -3.28. The van der Waals surface area contributed by atoms with E-state index >= 15 is 0 Å². The van der Waals surface area contributed by atoms with Gasteiger partial charge in [-0.2, -0.15) is 0 Å². The highest BCUT2D eigenvalue weighted by Crippen LogP contribution is 2.34. The van der Waals surface area contributed by atoms with Crippen LogP contribution >= 0.6 is 0 Å². The van der Waals surface area contributed by atoms with Crippen LogP contribution < -0.4 is 15.0 Å². The van der Waals surface area contributed by atoms with E-state index in [2.05, 4.69) is 5.32 Å². The van der Waals surface area contributed by atoms with E-state index in [4.69, 9.17) is 9.15 Å². The average Bonchev–Trinajstić information content (AvgIpc) is 3.26. The summed E-state index contributed by atoms with van der Waals surface area (Å²) in [6.45, 7) is 4.51. The van der Waals surface area contributed by atoms with E-state index in [0.717, 1.165) is 34.2 Å². The molecular weight excluding hydrogens is 356 g/mol. The molecule has 0 aliphatic carbocycles. The number of carbonyl (C=O) groups is 2. The third-order valence-corrected chi connectivity index (χ3v) is 5.17. The fourth-order valence-corrected chi connectivity index (χ4v) is 3.67. The molecule has 0 radical (unpaired) electrons. The summed E-state index contributed by atoms with van der Waals surface area (Å²) in [4.78, 5) is 26.5. The maximum Gasteiger partial charge on any atom is 0.291 e. The third kappa shape index (κ3) is 3.01. The molecule has 28 heavy (non-hydrogen) atoms. The molecule has 1 saturated heterocycles. The van der Waals surface area contributed by atoms with Crippen molar-refractivity contribution in [2.24, 2.45) is 0 Å². The second kappa shape index (κ2) is 7.03. The lowest BCUT2D eigenvalue weighted by Gasteiger charge is -2.19. The van der Waals surface area contributed by atoms with E-state index in [0.29, 0.717) is 30.2 Å². The van der Waals surface area contributed by atoms with Gasteiger partial charge in [0.15, 0.2) is 5.76 Å². The van der Waals surface area contributed by atoms with Gasteiger partial charge in [0.2, 0.25) is 5.91 Å². The summed E-state index contributed by atoms with van der Waals surface area (Å²) in [5.74, 6) is 0.607. The lowest BCUT2D eigenvalue weighted by molar-refractivity contribution is -0.117. The molecule has 2 heterocycles. The molecular formula is C22H22N2O4. The van der Waals surface area contributed by atoms with Crippen LogP contribution in [-0.4, -0.2) is 25.5 Å². The minimum absolute atomic E-state index is 0.0864. The zero-order valence-corrected chi connectivity index (χ0v) is 16.2. The van der Waals surface area contributed by atoms with Crippen molar-refractivity contribution in [2.75, 3.05) is 23.9 Å². The highest BCUT2D eigenvalue weighted by atomic mass is 16.5. The number of furan rings is 1. The largest absolute Gasteiger partial charge is 0.494 e. The number of nitrogens with one attached hydrogen (secondary N) is 1. The minimum Gasteiger partial charge on any atom is -0.494 e. The Kier molecular flexibility index (Phi) is 4.55. The van der Waals surface area contributed by atoms with Gasteiger partial charge in [0.25, 0.3) is 5.91 Å². The van der Waals surface area contributed by atoms with E-state index in [1.165, 1.54) is 0 Å². The van der Waals surface area contributed by atoms with Crippen molar-refractivity contribution in [1.82, 2.24) is 0 Å². The molecule has 3 aromatic rings. The molecule has 2 aromatic carbocycles. The summed E-state index contributed by atoms with van der Waals surface area (Å²) < 4.78 is 11.3. The number of aryl methyl sites for hydroxylation is 2. The van der Waals surface area contributed by atoms with Gasteiger partial charge in [-0.1, -0.05) is 18.2 Å². The number of carbonyl (C=O) groups excluding carboxylic acids is 2. The number of methoxy groups -OCH3 is 1. The first-order valence-electron chi connectivity index (χ1n) is 9.28. The standard InChI is InChI=1S/C22H22N2O4/c1-13-6-4-7-16-14(2)21(28-20(13)16)22(26)23-15-9-10-17(18(12-15)27-3)24-11-5-8-19(24)25/h4,6-7,9-10,12H,5,8,11H2,1-3H3,(H,23,26). The van der Waals surface area contributed by atoms with Gasteiger partial charge >= 0.3 is 0 Å². The van der Waals surface area contributed by atoms with Crippen LogP contribution in [0.2, 0.25) is 0 Å². The smallest absolute Gasteiger partial charge is 0.291 e. The summed E-state index contributed by atoms with van der Waals surface area (Å²) in [6, 6.07) is 11.1. The highest BCUT2D eigenvalue weighted by molar-refractivity contribution is 6.07. The number of hydrogen-bond donors (Lipinski definition) is 1. The summed E-state index contributed by atoms with van der Waals surface area (Å²) in [5.41, 5.74) is 3.82. The van der Waals surface area contributed by atoms with Crippen molar-refractivity contribution < 1.29 is 18.7 Å². The molecule has 1 aromatic heterocycles. The average molecular weight is 378 g/mol. The van der Waals surface area contributed by atoms with Crippen LogP contribution in [0.5, 0.6) is 5.75 Å². The van der Waals surface area contributed by atoms with E-state index < -0.39 is 0 Å². The molecule has 1 aliphatic heterocycles. The Morgan fingerprint density at radius 2 is 2.04 bits per heavy atom. The Morgan fingerprint density at radius 3 is 2.71 bits per heavy atom. The third-order valence-electron chi connectivity index (χ3n) is 5.17. The van der Waals surface area contributed by atoms with E-state index in [9.17, 15) is 9.59 Å². The number of ether oxygens (including phenoxy) is 1. The number of para-hydroxylation sites is 1. The van der Waals surface area contributed by atoms with Crippen molar-refractivity contribution in [3.63, 3.8) is 0 Å². The van der Waals surface area contributed by atoms with Gasteiger partial charge in [-0.05, 0) is 38.0 Å². The molecule has 1 fully saturated rings. The molecule has 144 valence electrons. The van der Waals surface area contributed by atoms with Gasteiger partial charge in [-0.15, -0.1) is 0 Å². The van der Waals surface area contributed by atoms with Crippen molar-refractivity contribution in [1.29, 1.82) is 0 Å². The Bertz CT molecular complexity index is 1080. The maximum absolute atomic E-state index is 12.8. The van der Waals surface area contributed by atoms with Gasteiger partial charge in [-0.3, -0.25) is 9.59 Å². The quantitative estimate of drug-likeness (QED) is 0.729. The SMILES string of the molecule is COc1cc(NC(=O)c2oc3c(C)cccc3c2C)ccc1N1CCCC1=O. The van der Waals surface area contributed by atoms with Gasteiger partial charge in [0.1, 0.15) is 11.3 Å². The molecule has 0 atom stereocenters. The Balaban J connectivity index is 1.62. The summed E-state index contributed by atoms with van der Waals surface area (Å²) in [7, 11) is 1.55. The molecule has 0 unspecified atom stereocenters. The van der Waals surface area contributed by atoms with Gasteiger partial charge in [0.05, 0.1) is 12.8 Å². The molecule has 6 nitrogen and oxygen atoms in total. The first-order valence-corrected chi connectivity index (χ1v) is 9.28. The molecule has 1 aliphatic rings. The normalized spacial score (nSPS) is 14.0. The Morgan fingerprint density at radius 1 is 1.21 bits per heavy atom. The van der Waals surface area contributed by atoms with Crippen molar-refractivity contribution in [3.05, 3.63) is 53.3 Å².